The summed E-state index contributed by atoms with van der Waals surface area (Å²) in [4.78, 5) is 20.6. The maximum Gasteiger partial charge on any atom is 0.250 e. The van der Waals surface area contributed by atoms with Crippen molar-refractivity contribution in [3.8, 4) is 0 Å². The zero-order valence-electron chi connectivity index (χ0n) is 22.5. The van der Waals surface area contributed by atoms with Crippen LogP contribution in [0.2, 0.25) is 0 Å². The summed E-state index contributed by atoms with van der Waals surface area (Å²) in [6.45, 7) is 3.43. The summed E-state index contributed by atoms with van der Waals surface area (Å²) in [5.41, 5.74) is 4.70. The van der Waals surface area contributed by atoms with Crippen molar-refractivity contribution in [2.75, 3.05) is 38.3 Å². The number of methoxy groups -OCH3 is 1. The molecule has 0 radical (unpaired) electrons. The Labute approximate surface area is 232 Å². The molecule has 7 rings (SSSR count). The van der Waals surface area contributed by atoms with Gasteiger partial charge in [-0.15, -0.1) is 5.10 Å². The number of likely N-dealkylation sites (tertiary alicyclic amines) is 1. The molecule has 204 valence electrons. The fourth-order valence-corrected chi connectivity index (χ4v) is 6.58. The van der Waals surface area contributed by atoms with Crippen LogP contribution in [0.3, 0.4) is 0 Å². The molecule has 3 heterocycles. The van der Waals surface area contributed by atoms with Gasteiger partial charge in [0, 0.05) is 43.7 Å². The van der Waals surface area contributed by atoms with Crippen LogP contribution in [0.5, 0.6) is 0 Å². The number of aromatic nitrogens is 3. The van der Waals surface area contributed by atoms with Crippen LogP contribution in [0.25, 0.3) is 22.5 Å². The van der Waals surface area contributed by atoms with E-state index in [1.807, 2.05) is 11.1 Å². The normalized spacial score (nSPS) is 17.9. The highest BCUT2D eigenvalue weighted by molar-refractivity contribution is 6.08. The molecule has 2 fully saturated rings. The van der Waals surface area contributed by atoms with E-state index >= 15 is 0 Å². The molecule has 1 aromatic heterocycles. The molecule has 2 saturated heterocycles. The molecule has 0 unspecified atom stereocenters. The molecule has 3 aromatic carbocycles. The van der Waals surface area contributed by atoms with Crippen molar-refractivity contribution in [1.29, 1.82) is 0 Å². The first-order chi connectivity index (χ1) is 19.6. The van der Waals surface area contributed by atoms with Gasteiger partial charge in [0.15, 0.2) is 0 Å². The fraction of sp³-hybridized carbons (Fsp3) is 0.323. The van der Waals surface area contributed by atoms with Crippen LogP contribution in [0, 0.1) is 5.82 Å². The topological polar surface area (TPSA) is 66.7 Å². The minimum Gasteiger partial charge on any atom is -0.378 e. The van der Waals surface area contributed by atoms with Crippen LogP contribution in [0.15, 0.2) is 66.9 Å². The molecule has 40 heavy (non-hydrogen) atoms. The lowest BCUT2D eigenvalue weighted by molar-refractivity contribution is -0.133. The minimum absolute atomic E-state index is 0.125. The van der Waals surface area contributed by atoms with Crippen LogP contribution in [0.4, 0.5) is 10.1 Å². The van der Waals surface area contributed by atoms with Crippen molar-refractivity contribution in [1.82, 2.24) is 24.8 Å². The van der Waals surface area contributed by atoms with Crippen molar-refractivity contribution in [2.24, 2.45) is 0 Å². The number of nitrogens with zero attached hydrogens (tertiary/aromatic N) is 6. The highest BCUT2D eigenvalue weighted by atomic mass is 19.1. The average molecular weight is 539 g/mol. The maximum absolute atomic E-state index is 14.1. The van der Waals surface area contributed by atoms with Gasteiger partial charge in [0.05, 0.1) is 26.0 Å². The SMILES string of the molecule is COCc1cn(CCN2CN(c3ccc(F)cc3)C3(CCN(C4=Cc5cccc6cccc4c56)CC3)C2=O)nn1. The Balaban J connectivity index is 1.13. The molecule has 0 saturated carbocycles. The summed E-state index contributed by atoms with van der Waals surface area (Å²) in [7, 11) is 1.62. The zero-order chi connectivity index (χ0) is 27.3. The van der Waals surface area contributed by atoms with Crippen molar-refractivity contribution in [3.63, 3.8) is 0 Å². The smallest absolute Gasteiger partial charge is 0.250 e. The van der Waals surface area contributed by atoms with Gasteiger partial charge in [-0.2, -0.15) is 0 Å². The van der Waals surface area contributed by atoms with Crippen molar-refractivity contribution in [3.05, 3.63) is 89.5 Å². The molecule has 0 N–H and O–H groups in total. The number of anilines is 1. The number of hydrogen-bond acceptors (Lipinski definition) is 6. The summed E-state index contributed by atoms with van der Waals surface area (Å²) in [6, 6.07) is 19.4. The molecule has 8 nitrogen and oxygen atoms in total. The summed E-state index contributed by atoms with van der Waals surface area (Å²) >= 11 is 0. The monoisotopic (exact) mass is 538 g/mol. The molecular weight excluding hydrogens is 507 g/mol. The van der Waals surface area contributed by atoms with Gasteiger partial charge in [-0.25, -0.2) is 4.39 Å². The largest absolute Gasteiger partial charge is 0.378 e. The van der Waals surface area contributed by atoms with E-state index in [0.717, 1.165) is 24.5 Å². The van der Waals surface area contributed by atoms with Crippen LogP contribution < -0.4 is 4.90 Å². The van der Waals surface area contributed by atoms with E-state index in [9.17, 15) is 9.18 Å². The van der Waals surface area contributed by atoms with E-state index < -0.39 is 5.54 Å². The van der Waals surface area contributed by atoms with E-state index in [1.54, 1.807) is 23.9 Å². The lowest BCUT2D eigenvalue weighted by Gasteiger charge is -2.44. The quantitative estimate of drug-likeness (QED) is 0.348. The molecule has 0 atom stereocenters. The van der Waals surface area contributed by atoms with Crippen molar-refractivity contribution in [2.45, 2.75) is 31.5 Å². The lowest BCUT2D eigenvalue weighted by Crippen LogP contribution is -2.56. The number of carbonyl (C=O) groups is 1. The highest BCUT2D eigenvalue weighted by Crippen LogP contribution is 2.44. The van der Waals surface area contributed by atoms with Gasteiger partial charge in [0.1, 0.15) is 17.1 Å². The third kappa shape index (κ3) is 4.03. The predicted octanol–water partition coefficient (Wildman–Crippen LogP) is 4.37. The lowest BCUT2D eigenvalue weighted by atomic mass is 9.85. The Morgan fingerprint density at radius 2 is 1.77 bits per heavy atom. The predicted molar refractivity (Wildman–Crippen MR) is 152 cm³/mol. The van der Waals surface area contributed by atoms with Gasteiger partial charge in [-0.3, -0.25) is 9.48 Å². The van der Waals surface area contributed by atoms with Gasteiger partial charge in [-0.05, 0) is 59.5 Å². The zero-order valence-corrected chi connectivity index (χ0v) is 22.5. The average Bonchev–Trinajstić information content (AvgIpc) is 3.66. The van der Waals surface area contributed by atoms with Gasteiger partial charge < -0.3 is 19.4 Å². The number of ether oxygens (including phenoxy) is 1. The molecule has 9 heteroatoms. The van der Waals surface area contributed by atoms with Crippen LogP contribution in [-0.2, 0) is 22.7 Å². The molecule has 3 aliphatic rings. The second-order valence-corrected chi connectivity index (χ2v) is 10.8. The Kier molecular flexibility index (Phi) is 6.04. The third-order valence-corrected chi connectivity index (χ3v) is 8.57. The Morgan fingerprint density at radius 1 is 1.00 bits per heavy atom. The van der Waals surface area contributed by atoms with E-state index in [-0.39, 0.29) is 11.7 Å². The standard InChI is InChI=1S/C31H31FN6O2/c1-40-20-25-19-37(34-33-25)17-16-36-21-38(26-10-8-24(32)9-11-26)31(30(36)39)12-14-35(15-13-31)28-18-23-6-2-4-22-5-3-7-27(28)29(22)23/h2-11,18-19H,12-17,20-21H2,1H3. The van der Waals surface area contributed by atoms with Crippen LogP contribution in [0.1, 0.15) is 29.7 Å². The number of halogens is 1. The number of rotatable bonds is 7. The first-order valence-electron chi connectivity index (χ1n) is 13.7. The second kappa shape index (κ2) is 9.75. The van der Waals surface area contributed by atoms with Crippen LogP contribution >= 0.6 is 0 Å². The highest BCUT2D eigenvalue weighted by Gasteiger charge is 2.53. The molecular formula is C31H31FN6O2. The van der Waals surface area contributed by atoms with E-state index in [2.05, 4.69) is 62.6 Å². The van der Waals surface area contributed by atoms with Gasteiger partial charge in [-0.1, -0.05) is 41.6 Å². The fourth-order valence-electron chi connectivity index (χ4n) is 6.58. The molecule has 0 bridgehead atoms. The number of hydrogen-bond donors (Lipinski definition) is 0. The number of benzene rings is 3. The summed E-state index contributed by atoms with van der Waals surface area (Å²) in [6.07, 6.45) is 5.51. The summed E-state index contributed by atoms with van der Waals surface area (Å²) in [5.74, 6) is -0.158. The first-order valence-corrected chi connectivity index (χ1v) is 13.7. The molecule has 1 aliphatic carbocycles. The van der Waals surface area contributed by atoms with Crippen LogP contribution in [-0.4, -0.2) is 69.7 Å². The Bertz CT molecular complexity index is 1600. The molecule has 2 aliphatic heterocycles. The molecule has 1 amide bonds. The van der Waals surface area contributed by atoms with Crippen molar-refractivity contribution >= 4 is 34.1 Å². The second-order valence-electron chi connectivity index (χ2n) is 10.8. The third-order valence-electron chi connectivity index (χ3n) is 8.57. The van der Waals surface area contributed by atoms with Gasteiger partial charge in [0.25, 0.3) is 0 Å². The summed E-state index contributed by atoms with van der Waals surface area (Å²) in [5, 5.41) is 10.9. The minimum atomic E-state index is -0.671. The summed E-state index contributed by atoms with van der Waals surface area (Å²) < 4.78 is 20.7. The number of carbonyl (C=O) groups excluding carboxylic acids is 1. The Morgan fingerprint density at radius 3 is 2.55 bits per heavy atom. The van der Waals surface area contributed by atoms with E-state index in [4.69, 9.17) is 4.74 Å². The maximum atomic E-state index is 14.1. The Hall–Kier alpha value is -4.24. The van der Waals surface area contributed by atoms with Gasteiger partial charge >= 0.3 is 0 Å². The van der Waals surface area contributed by atoms with E-state index in [1.165, 1.54) is 39.7 Å². The molecule has 4 aromatic rings. The molecule has 1 spiro atoms. The number of amides is 1. The first kappa shape index (κ1) is 24.8. The van der Waals surface area contributed by atoms with E-state index in [0.29, 0.717) is 39.2 Å². The van der Waals surface area contributed by atoms with Gasteiger partial charge in [0.2, 0.25) is 5.91 Å². The van der Waals surface area contributed by atoms with Crippen molar-refractivity contribution < 1.29 is 13.9 Å². The number of piperidine rings is 1.